The van der Waals surface area contributed by atoms with E-state index >= 15 is 0 Å². The molecule has 0 N–H and O–H groups in total. The van der Waals surface area contributed by atoms with E-state index in [-0.39, 0.29) is 17.5 Å². The van der Waals surface area contributed by atoms with Crippen LogP contribution in [0.3, 0.4) is 0 Å². The molecule has 3 nitrogen and oxygen atoms in total. The normalized spacial score (nSPS) is 46.0. The number of carbonyl (C=O) groups is 1. The Hall–Kier alpha value is -0.570. The predicted molar refractivity (Wildman–Crippen MR) is 93.5 cm³/mol. The maximum Gasteiger partial charge on any atom is 0.309 e. The Morgan fingerprint density at radius 3 is 2.38 bits per heavy atom. The molecule has 1 saturated heterocycles. The second kappa shape index (κ2) is 6.30. The fraction of sp³-hybridized carbons (Fsp3) is 0.952. The van der Waals surface area contributed by atoms with Crippen LogP contribution in [0.4, 0.5) is 0 Å². The summed E-state index contributed by atoms with van der Waals surface area (Å²) in [5.41, 5.74) is -0.196. The highest BCUT2D eigenvalue weighted by Crippen LogP contribution is 2.62. The summed E-state index contributed by atoms with van der Waals surface area (Å²) < 4.78 is 12.5. The van der Waals surface area contributed by atoms with Gasteiger partial charge in [0.25, 0.3) is 0 Å². The Kier molecular flexibility index (Phi) is 4.43. The Morgan fingerprint density at radius 1 is 1.04 bits per heavy atom. The molecule has 7 unspecified atom stereocenters. The molecule has 0 radical (unpaired) electrons. The fourth-order valence-electron chi connectivity index (χ4n) is 6.66. The second-order valence-corrected chi connectivity index (χ2v) is 9.12. The largest absolute Gasteiger partial charge is 0.459 e. The topological polar surface area (TPSA) is 35.5 Å². The number of esters is 1. The van der Waals surface area contributed by atoms with Crippen LogP contribution in [0.1, 0.15) is 78.6 Å². The molecule has 7 atom stereocenters. The summed E-state index contributed by atoms with van der Waals surface area (Å²) in [6.07, 6.45) is 11.1. The maximum absolute atomic E-state index is 13.0. The molecular weight excluding hydrogens is 300 g/mol. The number of ether oxygens (including phenoxy) is 2. The predicted octanol–water partition coefficient (Wildman–Crippen LogP) is 4.73. The van der Waals surface area contributed by atoms with E-state index in [0.29, 0.717) is 35.9 Å². The molecule has 0 aromatic heterocycles. The van der Waals surface area contributed by atoms with Crippen molar-refractivity contribution in [3.8, 4) is 0 Å². The van der Waals surface area contributed by atoms with E-state index in [9.17, 15) is 4.79 Å². The van der Waals surface area contributed by atoms with Gasteiger partial charge in [0.1, 0.15) is 5.60 Å². The van der Waals surface area contributed by atoms with Crippen LogP contribution in [0.5, 0.6) is 0 Å². The van der Waals surface area contributed by atoms with Crippen molar-refractivity contribution < 1.29 is 14.3 Å². The van der Waals surface area contributed by atoms with Crippen LogP contribution in [0, 0.1) is 29.6 Å². The third-order valence-electron chi connectivity index (χ3n) is 7.71. The lowest BCUT2D eigenvalue weighted by molar-refractivity contribution is -0.169. The van der Waals surface area contributed by atoms with Crippen molar-refractivity contribution in [2.75, 3.05) is 0 Å². The van der Waals surface area contributed by atoms with Gasteiger partial charge < -0.3 is 9.47 Å². The van der Waals surface area contributed by atoms with Gasteiger partial charge in [-0.3, -0.25) is 4.79 Å². The van der Waals surface area contributed by atoms with Crippen molar-refractivity contribution in [3.05, 3.63) is 0 Å². The van der Waals surface area contributed by atoms with Gasteiger partial charge in [0.2, 0.25) is 0 Å². The Morgan fingerprint density at radius 2 is 1.71 bits per heavy atom. The molecular formula is C21H34O3. The number of fused-ring (bicyclic) bond motifs is 5. The van der Waals surface area contributed by atoms with Crippen LogP contribution in [0.25, 0.3) is 0 Å². The van der Waals surface area contributed by atoms with Crippen LogP contribution in [-0.4, -0.2) is 23.8 Å². The first-order chi connectivity index (χ1) is 11.6. The molecule has 3 saturated carbocycles. The third-order valence-corrected chi connectivity index (χ3v) is 7.71. The summed E-state index contributed by atoms with van der Waals surface area (Å²) in [7, 11) is 0. The van der Waals surface area contributed by atoms with Crippen molar-refractivity contribution in [2.24, 2.45) is 29.6 Å². The van der Waals surface area contributed by atoms with Crippen molar-refractivity contribution >= 4 is 5.97 Å². The van der Waals surface area contributed by atoms with E-state index in [0.717, 1.165) is 32.1 Å². The lowest BCUT2D eigenvalue weighted by atomic mass is 9.70. The molecule has 3 aliphatic carbocycles. The SMILES string of the molecule is CCC1OC(CC)C2C3CC(CC3C(=O)OC3(C)CCCCC3)C12. The average molecular weight is 335 g/mol. The molecule has 0 aromatic carbocycles. The summed E-state index contributed by atoms with van der Waals surface area (Å²) >= 11 is 0. The van der Waals surface area contributed by atoms with Gasteiger partial charge in [-0.25, -0.2) is 0 Å². The average Bonchev–Trinajstić information content (AvgIpc) is 3.25. The van der Waals surface area contributed by atoms with Crippen molar-refractivity contribution in [1.82, 2.24) is 0 Å². The highest BCUT2D eigenvalue weighted by atomic mass is 16.6. The molecule has 4 rings (SSSR count). The lowest BCUT2D eigenvalue weighted by Gasteiger charge is -2.37. The zero-order valence-electron chi connectivity index (χ0n) is 15.6. The standard InChI is InChI=1S/C21H34O3/c1-4-16-18-13-11-14(19(18)17(5-2)23-16)15(12-13)20(22)24-21(3)9-7-6-8-10-21/h13-19H,4-12H2,1-3H3. The van der Waals surface area contributed by atoms with Gasteiger partial charge in [0, 0.05) is 0 Å². The number of hydrogen-bond acceptors (Lipinski definition) is 3. The first kappa shape index (κ1) is 16.9. The minimum absolute atomic E-state index is 0.111. The number of rotatable bonds is 4. The van der Waals surface area contributed by atoms with Gasteiger partial charge in [-0.15, -0.1) is 0 Å². The van der Waals surface area contributed by atoms with Crippen molar-refractivity contribution in [1.29, 1.82) is 0 Å². The molecule has 0 aromatic rings. The molecule has 0 spiro atoms. The molecule has 2 bridgehead atoms. The van der Waals surface area contributed by atoms with E-state index in [1.807, 2.05) is 0 Å². The molecule has 136 valence electrons. The third kappa shape index (κ3) is 2.62. The van der Waals surface area contributed by atoms with E-state index < -0.39 is 0 Å². The smallest absolute Gasteiger partial charge is 0.309 e. The number of hydrogen-bond donors (Lipinski definition) is 0. The van der Waals surface area contributed by atoms with Crippen molar-refractivity contribution in [2.45, 2.75) is 96.4 Å². The summed E-state index contributed by atoms with van der Waals surface area (Å²) in [6, 6.07) is 0. The van der Waals surface area contributed by atoms with Gasteiger partial charge in [0.05, 0.1) is 18.1 Å². The molecule has 24 heavy (non-hydrogen) atoms. The summed E-state index contributed by atoms with van der Waals surface area (Å²) in [5, 5.41) is 0. The lowest BCUT2D eigenvalue weighted by Crippen LogP contribution is -2.41. The van der Waals surface area contributed by atoms with Gasteiger partial charge in [0.15, 0.2) is 0 Å². The highest BCUT2D eigenvalue weighted by Gasteiger charge is 2.62. The van der Waals surface area contributed by atoms with Crippen LogP contribution in [0.15, 0.2) is 0 Å². The molecule has 0 amide bonds. The van der Waals surface area contributed by atoms with Gasteiger partial charge >= 0.3 is 5.97 Å². The second-order valence-electron chi connectivity index (χ2n) is 9.12. The van der Waals surface area contributed by atoms with Crippen molar-refractivity contribution in [3.63, 3.8) is 0 Å². The van der Waals surface area contributed by atoms with Gasteiger partial charge in [-0.1, -0.05) is 20.3 Å². The van der Waals surface area contributed by atoms with Crippen LogP contribution in [0.2, 0.25) is 0 Å². The van der Waals surface area contributed by atoms with Crippen LogP contribution < -0.4 is 0 Å². The molecule has 1 heterocycles. The van der Waals surface area contributed by atoms with Crippen LogP contribution in [-0.2, 0) is 14.3 Å². The molecule has 3 heteroatoms. The zero-order valence-corrected chi connectivity index (χ0v) is 15.6. The molecule has 4 aliphatic rings. The minimum atomic E-state index is -0.196. The summed E-state index contributed by atoms with van der Waals surface area (Å²) in [6.45, 7) is 6.64. The van der Waals surface area contributed by atoms with E-state index in [1.54, 1.807) is 0 Å². The monoisotopic (exact) mass is 334 g/mol. The quantitative estimate of drug-likeness (QED) is 0.697. The first-order valence-electron chi connectivity index (χ1n) is 10.4. The van der Waals surface area contributed by atoms with Crippen LogP contribution >= 0.6 is 0 Å². The molecule has 4 fully saturated rings. The highest BCUT2D eigenvalue weighted by molar-refractivity contribution is 5.74. The fourth-order valence-corrected chi connectivity index (χ4v) is 6.66. The van der Waals surface area contributed by atoms with Gasteiger partial charge in [-0.05, 0) is 82.0 Å². The Bertz CT molecular complexity index is 481. The number of carbonyl (C=O) groups excluding carboxylic acids is 1. The Balaban J connectivity index is 1.46. The first-order valence-corrected chi connectivity index (χ1v) is 10.4. The summed E-state index contributed by atoms with van der Waals surface area (Å²) in [5.74, 6) is 2.78. The Labute approximate surface area is 146 Å². The maximum atomic E-state index is 13.0. The van der Waals surface area contributed by atoms with Gasteiger partial charge in [-0.2, -0.15) is 0 Å². The summed E-state index contributed by atoms with van der Waals surface area (Å²) in [4.78, 5) is 13.0. The van der Waals surface area contributed by atoms with E-state index in [4.69, 9.17) is 9.47 Å². The molecule has 1 aliphatic heterocycles. The van der Waals surface area contributed by atoms with E-state index in [2.05, 4.69) is 20.8 Å². The zero-order chi connectivity index (χ0) is 16.9. The van der Waals surface area contributed by atoms with E-state index in [1.165, 1.54) is 25.7 Å². The minimum Gasteiger partial charge on any atom is -0.459 e.